The number of aromatic nitrogens is 6. The zero-order chi connectivity index (χ0) is 82.5. The van der Waals surface area contributed by atoms with Gasteiger partial charge in [-0.2, -0.15) is 0 Å². The lowest BCUT2D eigenvalue weighted by Crippen LogP contribution is -2.29. The lowest BCUT2D eigenvalue weighted by Gasteiger charge is -2.35. The van der Waals surface area contributed by atoms with Gasteiger partial charge in [-0.05, 0) is 217 Å². The molecule has 126 heavy (non-hydrogen) atoms. The molecule has 584 valence electrons. The Morgan fingerprint density at radius 1 is 0.175 bits per heavy atom. The van der Waals surface area contributed by atoms with Gasteiger partial charge in [0.05, 0.1) is 10.8 Å². The summed E-state index contributed by atoms with van der Waals surface area (Å²) in [7, 11) is 0. The molecule has 18 aromatic carbocycles. The first-order chi connectivity index (χ1) is 62.5. The number of nitrogens with zero attached hydrogens (tertiary/aromatic N) is 6. The van der Waals surface area contributed by atoms with Gasteiger partial charge in [-0.1, -0.05) is 352 Å². The van der Waals surface area contributed by atoms with Gasteiger partial charge in [-0.3, -0.25) is 0 Å². The van der Waals surface area contributed by atoms with E-state index in [1.54, 1.807) is 0 Å². The summed E-state index contributed by atoms with van der Waals surface area (Å²) in [4.78, 5) is 32.6. The van der Waals surface area contributed by atoms with Gasteiger partial charge in [0.1, 0.15) is 22.3 Å². The van der Waals surface area contributed by atoms with Crippen LogP contribution in [0, 0.1) is 0 Å². The third kappa shape index (κ3) is 10.1. The van der Waals surface area contributed by atoms with Crippen LogP contribution < -0.4 is 0 Å². The molecule has 6 aliphatic carbocycles. The molecule has 6 aliphatic rings. The maximum absolute atomic E-state index is 6.41. The molecule has 22 aromatic rings. The van der Waals surface area contributed by atoms with Crippen molar-refractivity contribution in [1.82, 2.24) is 29.9 Å². The van der Waals surface area contributed by atoms with E-state index in [0.717, 1.165) is 101 Å². The second kappa shape index (κ2) is 27.0. The number of rotatable bonds is 6. The van der Waals surface area contributed by atoms with Crippen molar-refractivity contribution in [2.75, 3.05) is 0 Å². The highest BCUT2D eigenvalue weighted by molar-refractivity contribution is 6.13. The van der Waals surface area contributed by atoms with Gasteiger partial charge >= 0.3 is 0 Å². The molecule has 0 radical (unpaired) electrons. The van der Waals surface area contributed by atoms with Gasteiger partial charge in [-0.15, -0.1) is 0 Å². The molecular formula is C118H70N6O2. The Balaban J connectivity index is 0.000000131. The average molecular weight is 1600 g/mol. The minimum atomic E-state index is -0.624. The van der Waals surface area contributed by atoms with Crippen LogP contribution in [-0.2, 0) is 23.7 Å². The van der Waals surface area contributed by atoms with Gasteiger partial charge in [0.2, 0.25) is 0 Å². The Kier molecular flexibility index (Phi) is 15.1. The Morgan fingerprint density at radius 2 is 0.460 bits per heavy atom. The fraction of sp³-hybridized carbons (Fsp3) is 0.0339. The van der Waals surface area contributed by atoms with Crippen molar-refractivity contribution < 1.29 is 8.83 Å². The Labute approximate surface area is 725 Å². The van der Waals surface area contributed by atoms with Crippen molar-refractivity contribution in [1.29, 1.82) is 0 Å². The highest BCUT2D eigenvalue weighted by atomic mass is 16.3. The van der Waals surface area contributed by atoms with E-state index < -0.39 is 10.8 Å². The number of furan rings is 2. The molecule has 4 heterocycles. The normalized spacial score (nSPS) is 13.5. The predicted octanol–water partition coefficient (Wildman–Crippen LogP) is 28.7. The summed E-state index contributed by atoms with van der Waals surface area (Å²) in [5.41, 5.74) is 42.6. The van der Waals surface area contributed by atoms with E-state index >= 15 is 0 Å². The van der Waals surface area contributed by atoms with E-state index in [1.165, 1.54) is 145 Å². The smallest absolute Gasteiger partial charge is 0.164 e. The number of hydrogen-bond donors (Lipinski definition) is 0. The van der Waals surface area contributed by atoms with Gasteiger partial charge in [0, 0.05) is 54.9 Å². The largest absolute Gasteiger partial charge is 0.456 e. The molecule has 0 atom stereocenters. The number of para-hydroxylation sites is 2. The first-order valence-electron chi connectivity index (χ1n) is 43.3. The molecule has 28 rings (SSSR count). The van der Waals surface area contributed by atoms with E-state index in [2.05, 4.69) is 358 Å². The molecule has 0 bridgehead atoms. The lowest BCUT2D eigenvalue weighted by molar-refractivity contribution is 0.668. The lowest BCUT2D eigenvalue weighted by atomic mass is 9.66. The van der Waals surface area contributed by atoms with E-state index in [1.807, 2.05) is 42.5 Å². The second-order valence-corrected chi connectivity index (χ2v) is 33.9. The highest BCUT2D eigenvalue weighted by Gasteiger charge is 2.53. The van der Waals surface area contributed by atoms with E-state index in [-0.39, 0.29) is 0 Å². The van der Waals surface area contributed by atoms with Gasteiger partial charge < -0.3 is 8.83 Å². The maximum Gasteiger partial charge on any atom is 0.164 e. The van der Waals surface area contributed by atoms with Crippen LogP contribution in [-0.4, -0.2) is 29.9 Å². The average Bonchev–Trinajstić information content (AvgIpc) is 1.51. The third-order valence-corrected chi connectivity index (χ3v) is 27.6. The zero-order valence-electron chi connectivity index (χ0n) is 68.0. The van der Waals surface area contributed by atoms with Crippen LogP contribution in [0.2, 0.25) is 0 Å². The number of fused-ring (bicyclic) bond motifs is 36. The second-order valence-electron chi connectivity index (χ2n) is 33.9. The predicted molar refractivity (Wildman–Crippen MR) is 507 cm³/mol. The molecule has 2 spiro atoms. The maximum atomic E-state index is 6.41. The fourth-order valence-corrected chi connectivity index (χ4v) is 22.4. The summed E-state index contributed by atoms with van der Waals surface area (Å²) < 4.78 is 12.7. The van der Waals surface area contributed by atoms with Crippen LogP contribution in [0.25, 0.3) is 201 Å². The monoisotopic (exact) mass is 1600 g/mol. The summed E-state index contributed by atoms with van der Waals surface area (Å²) in [5.74, 6) is 3.75. The quantitative estimate of drug-likeness (QED) is 0.162. The van der Waals surface area contributed by atoms with Crippen LogP contribution in [0.15, 0.2) is 409 Å². The van der Waals surface area contributed by atoms with Gasteiger partial charge in [-0.25, -0.2) is 29.9 Å². The third-order valence-electron chi connectivity index (χ3n) is 27.6. The topological polar surface area (TPSA) is 104 Å². The summed E-state index contributed by atoms with van der Waals surface area (Å²) in [5, 5.41) is 4.12. The Hall–Kier alpha value is -16.4. The molecule has 0 saturated carbocycles. The number of hydrogen-bond acceptors (Lipinski definition) is 8. The van der Waals surface area contributed by atoms with Crippen molar-refractivity contribution >= 4 is 43.9 Å². The highest BCUT2D eigenvalue weighted by Crippen LogP contribution is 2.65. The molecule has 0 saturated heterocycles. The van der Waals surface area contributed by atoms with Crippen molar-refractivity contribution in [3.8, 4) is 157 Å². The molecule has 0 unspecified atom stereocenters. The minimum Gasteiger partial charge on any atom is -0.456 e. The summed E-state index contributed by atoms with van der Waals surface area (Å²) in [6.45, 7) is 0. The molecule has 0 N–H and O–H groups in total. The first-order valence-corrected chi connectivity index (χ1v) is 43.3. The zero-order valence-corrected chi connectivity index (χ0v) is 68.0. The van der Waals surface area contributed by atoms with Crippen molar-refractivity contribution in [3.63, 3.8) is 0 Å². The summed E-state index contributed by atoms with van der Waals surface area (Å²) in [6, 6.07) is 145. The molecule has 0 amide bonds. The Morgan fingerprint density at radius 3 is 0.929 bits per heavy atom. The summed E-state index contributed by atoms with van der Waals surface area (Å²) >= 11 is 0. The Bertz CT molecular complexity index is 8340. The van der Waals surface area contributed by atoms with Crippen LogP contribution in [0.3, 0.4) is 0 Å². The standard InChI is InChI=1S/2C59H35N3O/c1-2-16-38-35(15-1)33-36-31-32-37(34-47(36)38)56-60-57(62-58(61-56)46-24-14-30-53-55(46)44-22-8-12-29-52(44)63-53)45-23-13-28-51-54(45)43-21-7-11-27-50(43)59(51)48-25-9-5-19-41(48)39-17-3-4-18-40(39)42-20-6-10-26-49(42)59;1-2-15-39-35(14-1)32-36-28-29-37(33-47(36)39)56-60-57(38-30-31-54-48(34-38)44-20-8-12-27-53(44)63-54)62-58(61-56)46-22-13-26-52-55(46)45-21-7-11-25-51(45)59(52)49-23-9-5-18-42(49)40-16-3-4-17-41(40)43-19-6-10-24-50(43)59/h1-32,34H,33H2;1-31,33-34H,32H2. The van der Waals surface area contributed by atoms with Crippen molar-refractivity contribution in [2.45, 2.75) is 23.7 Å². The van der Waals surface area contributed by atoms with Crippen LogP contribution in [0.5, 0.6) is 0 Å². The molecule has 0 aliphatic heterocycles. The van der Waals surface area contributed by atoms with Gasteiger partial charge in [0.15, 0.2) is 34.9 Å². The molecule has 8 nitrogen and oxygen atoms in total. The van der Waals surface area contributed by atoms with Crippen molar-refractivity contribution in [3.05, 3.63) is 467 Å². The van der Waals surface area contributed by atoms with E-state index in [9.17, 15) is 0 Å². The summed E-state index contributed by atoms with van der Waals surface area (Å²) in [6.07, 6.45) is 1.84. The van der Waals surface area contributed by atoms with Gasteiger partial charge in [0.25, 0.3) is 0 Å². The van der Waals surface area contributed by atoms with Crippen LogP contribution in [0.4, 0.5) is 0 Å². The van der Waals surface area contributed by atoms with Crippen LogP contribution in [0.1, 0.15) is 66.8 Å². The fourth-order valence-electron chi connectivity index (χ4n) is 22.4. The number of benzene rings is 18. The molecule has 8 heteroatoms. The molecule has 4 aromatic heterocycles. The molecular weight excluding hydrogens is 1530 g/mol. The van der Waals surface area contributed by atoms with E-state index in [0.29, 0.717) is 34.9 Å². The van der Waals surface area contributed by atoms with Crippen molar-refractivity contribution in [2.24, 2.45) is 0 Å². The first kappa shape index (κ1) is 70.3. The SMILES string of the molecule is c1ccc2c(c1)Cc1ccc(-c3nc(-c4ccc5oc6ccccc6c5c4)nc(-c4cccc5c4-c4ccccc4C54c5ccccc5-c5ccccc5-c5ccccc54)n3)cc1-2.c1ccc2c(c1)Cc1ccc(-c3nc(-c4cccc5c4-c4ccccc4C54c5ccccc5-c5ccccc5-c5ccccc54)nc(-c4cccc5oc6ccccc6c45)n3)cc1-2. The van der Waals surface area contributed by atoms with Crippen LogP contribution >= 0.6 is 0 Å². The van der Waals surface area contributed by atoms with E-state index in [4.69, 9.17) is 38.7 Å². The molecule has 0 fully saturated rings. The minimum absolute atomic E-state index is 0.604.